The van der Waals surface area contributed by atoms with Crippen LogP contribution < -0.4 is 0 Å². The van der Waals surface area contributed by atoms with E-state index in [-0.39, 0.29) is 23.3 Å². The monoisotopic (exact) mass is 331 g/mol. The molecule has 1 aromatic rings. The van der Waals surface area contributed by atoms with Crippen LogP contribution >= 0.6 is 0 Å². The molecule has 4 rings (SSSR count). The second-order valence-corrected chi connectivity index (χ2v) is 7.41. The molecule has 2 aliphatic heterocycles. The average molecular weight is 331 g/mol. The largest absolute Gasteiger partial charge is 0.341 e. The van der Waals surface area contributed by atoms with Crippen molar-refractivity contribution in [3.8, 4) is 0 Å². The Balaban J connectivity index is 1.56. The standard InChI is InChI=1S/C18H22FN3O2/c1-12-3-7-21(8-4-12)17(24)18-11-14(18)5-9-22(18)16(23)13-2-6-20-15(19)10-13/h2,6,10,12,14H,3-5,7-9,11H2,1H3. The molecule has 6 heteroatoms. The number of halogens is 1. The number of aromatic nitrogens is 1. The highest BCUT2D eigenvalue weighted by Crippen LogP contribution is 2.57. The number of carbonyl (C=O) groups excluding carboxylic acids is 2. The number of nitrogens with zero attached hydrogens (tertiary/aromatic N) is 3. The van der Waals surface area contributed by atoms with Crippen LogP contribution in [0.25, 0.3) is 0 Å². The summed E-state index contributed by atoms with van der Waals surface area (Å²) in [6.07, 6.45) is 4.95. The van der Waals surface area contributed by atoms with Crippen LogP contribution in [0.3, 0.4) is 0 Å². The number of fused-ring (bicyclic) bond motifs is 1. The number of pyridine rings is 1. The smallest absolute Gasteiger partial charge is 0.254 e. The van der Waals surface area contributed by atoms with E-state index < -0.39 is 11.5 Å². The Kier molecular flexibility index (Phi) is 3.58. The van der Waals surface area contributed by atoms with E-state index in [1.54, 1.807) is 4.90 Å². The van der Waals surface area contributed by atoms with E-state index in [2.05, 4.69) is 11.9 Å². The molecule has 1 saturated carbocycles. The summed E-state index contributed by atoms with van der Waals surface area (Å²) in [7, 11) is 0. The van der Waals surface area contributed by atoms with Gasteiger partial charge in [-0.15, -0.1) is 0 Å². The zero-order chi connectivity index (χ0) is 16.9. The molecule has 0 aromatic carbocycles. The molecular weight excluding hydrogens is 309 g/mol. The molecule has 128 valence electrons. The van der Waals surface area contributed by atoms with Gasteiger partial charge in [-0.3, -0.25) is 9.59 Å². The molecule has 2 atom stereocenters. The second-order valence-electron chi connectivity index (χ2n) is 7.41. The summed E-state index contributed by atoms with van der Waals surface area (Å²) in [5.41, 5.74) is -0.397. The molecule has 24 heavy (non-hydrogen) atoms. The van der Waals surface area contributed by atoms with Crippen LogP contribution in [-0.4, -0.2) is 51.8 Å². The maximum atomic E-state index is 13.3. The summed E-state index contributed by atoms with van der Waals surface area (Å²) in [6.45, 7) is 4.34. The Morgan fingerprint density at radius 2 is 2.00 bits per heavy atom. The quantitative estimate of drug-likeness (QED) is 0.780. The van der Waals surface area contributed by atoms with Crippen LogP contribution in [-0.2, 0) is 4.79 Å². The number of amides is 2. The predicted molar refractivity (Wildman–Crippen MR) is 85.7 cm³/mol. The lowest BCUT2D eigenvalue weighted by molar-refractivity contribution is -0.138. The lowest BCUT2D eigenvalue weighted by Gasteiger charge is -2.36. The van der Waals surface area contributed by atoms with Crippen LogP contribution in [0.2, 0.25) is 0 Å². The summed E-state index contributed by atoms with van der Waals surface area (Å²) >= 11 is 0. The van der Waals surface area contributed by atoms with E-state index in [0.717, 1.165) is 44.8 Å². The highest BCUT2D eigenvalue weighted by molar-refractivity contribution is 6.01. The first-order chi connectivity index (χ1) is 11.5. The van der Waals surface area contributed by atoms with Gasteiger partial charge in [0.15, 0.2) is 0 Å². The van der Waals surface area contributed by atoms with Crippen LogP contribution in [0.5, 0.6) is 0 Å². The van der Waals surface area contributed by atoms with Gasteiger partial charge < -0.3 is 9.80 Å². The number of rotatable bonds is 2. The third kappa shape index (κ3) is 2.31. The lowest BCUT2D eigenvalue weighted by atomic mass is 9.98. The first-order valence-electron chi connectivity index (χ1n) is 8.75. The molecule has 5 nitrogen and oxygen atoms in total. The molecule has 0 radical (unpaired) electrons. The summed E-state index contributed by atoms with van der Waals surface area (Å²) in [6, 6.07) is 2.67. The van der Waals surface area contributed by atoms with Gasteiger partial charge in [-0.25, -0.2) is 4.98 Å². The van der Waals surface area contributed by atoms with Gasteiger partial charge in [-0.2, -0.15) is 4.39 Å². The Bertz CT molecular complexity index is 687. The molecule has 0 bridgehead atoms. The number of piperidine rings is 2. The minimum atomic E-state index is -0.669. The van der Waals surface area contributed by atoms with Crippen molar-refractivity contribution < 1.29 is 14.0 Å². The van der Waals surface area contributed by atoms with Crippen LogP contribution in [0.15, 0.2) is 18.3 Å². The fourth-order valence-corrected chi connectivity index (χ4v) is 4.31. The van der Waals surface area contributed by atoms with Gasteiger partial charge >= 0.3 is 0 Å². The maximum Gasteiger partial charge on any atom is 0.254 e. The number of likely N-dealkylation sites (tertiary alicyclic amines) is 2. The minimum absolute atomic E-state index is 0.0970. The average Bonchev–Trinajstić information content (AvgIpc) is 3.20. The van der Waals surface area contributed by atoms with Crippen molar-refractivity contribution in [3.63, 3.8) is 0 Å². The van der Waals surface area contributed by atoms with E-state index in [1.165, 1.54) is 12.3 Å². The Morgan fingerprint density at radius 1 is 1.25 bits per heavy atom. The van der Waals surface area contributed by atoms with Crippen LogP contribution in [0, 0.1) is 17.8 Å². The maximum absolute atomic E-state index is 13.3. The van der Waals surface area contributed by atoms with Crippen LogP contribution in [0.1, 0.15) is 43.0 Å². The molecule has 2 amide bonds. The number of carbonyl (C=O) groups is 2. The molecule has 3 heterocycles. The number of hydrogen-bond donors (Lipinski definition) is 0. The van der Waals surface area contributed by atoms with E-state index in [4.69, 9.17) is 0 Å². The van der Waals surface area contributed by atoms with Gasteiger partial charge in [0.25, 0.3) is 5.91 Å². The van der Waals surface area contributed by atoms with E-state index >= 15 is 0 Å². The van der Waals surface area contributed by atoms with Gasteiger partial charge in [0.05, 0.1) is 0 Å². The molecule has 2 unspecified atom stereocenters. The van der Waals surface area contributed by atoms with Crippen molar-refractivity contribution >= 4 is 11.8 Å². The Morgan fingerprint density at radius 3 is 2.67 bits per heavy atom. The molecule has 1 aliphatic carbocycles. The lowest BCUT2D eigenvalue weighted by Crippen LogP contribution is -2.53. The SMILES string of the molecule is CC1CCN(C(=O)C23CC2CCN3C(=O)c2ccnc(F)c2)CC1. The third-order valence-electron chi connectivity index (χ3n) is 5.92. The Labute approximate surface area is 140 Å². The molecule has 3 aliphatic rings. The highest BCUT2D eigenvalue weighted by Gasteiger charge is 2.69. The predicted octanol–water partition coefficient (Wildman–Crippen LogP) is 2.08. The Hall–Kier alpha value is -1.98. The van der Waals surface area contributed by atoms with Crippen molar-refractivity contribution in [2.24, 2.45) is 11.8 Å². The van der Waals surface area contributed by atoms with Crippen molar-refractivity contribution in [2.45, 2.75) is 38.1 Å². The summed E-state index contributed by atoms with van der Waals surface area (Å²) in [4.78, 5) is 33.1. The van der Waals surface area contributed by atoms with Crippen molar-refractivity contribution in [2.75, 3.05) is 19.6 Å². The summed E-state index contributed by atoms with van der Waals surface area (Å²) in [5.74, 6) is 0.0928. The topological polar surface area (TPSA) is 53.5 Å². The van der Waals surface area contributed by atoms with Gasteiger partial charge in [0.2, 0.25) is 11.9 Å². The zero-order valence-corrected chi connectivity index (χ0v) is 13.9. The molecule has 0 N–H and O–H groups in total. The van der Waals surface area contributed by atoms with Crippen LogP contribution in [0.4, 0.5) is 4.39 Å². The fourth-order valence-electron chi connectivity index (χ4n) is 4.31. The molecular formula is C18H22FN3O2. The third-order valence-corrected chi connectivity index (χ3v) is 5.92. The number of hydrogen-bond acceptors (Lipinski definition) is 3. The summed E-state index contributed by atoms with van der Waals surface area (Å²) in [5, 5.41) is 0. The normalized spacial score (nSPS) is 29.5. The van der Waals surface area contributed by atoms with Crippen molar-refractivity contribution in [1.82, 2.24) is 14.8 Å². The van der Waals surface area contributed by atoms with E-state index in [9.17, 15) is 14.0 Å². The second kappa shape index (κ2) is 5.53. The fraction of sp³-hybridized carbons (Fsp3) is 0.611. The molecule has 2 saturated heterocycles. The molecule has 0 spiro atoms. The van der Waals surface area contributed by atoms with E-state index in [1.807, 2.05) is 4.90 Å². The van der Waals surface area contributed by atoms with Crippen molar-refractivity contribution in [1.29, 1.82) is 0 Å². The van der Waals surface area contributed by atoms with Gasteiger partial charge in [0, 0.05) is 37.5 Å². The van der Waals surface area contributed by atoms with Gasteiger partial charge in [-0.1, -0.05) is 6.92 Å². The van der Waals surface area contributed by atoms with Crippen molar-refractivity contribution in [3.05, 3.63) is 29.8 Å². The van der Waals surface area contributed by atoms with Gasteiger partial charge in [-0.05, 0) is 43.6 Å². The first kappa shape index (κ1) is 15.5. The first-order valence-corrected chi connectivity index (χ1v) is 8.75. The highest BCUT2D eigenvalue weighted by atomic mass is 19.1. The summed E-state index contributed by atoms with van der Waals surface area (Å²) < 4.78 is 13.3. The molecule has 3 fully saturated rings. The van der Waals surface area contributed by atoms with E-state index in [0.29, 0.717) is 12.5 Å². The molecule has 1 aromatic heterocycles. The van der Waals surface area contributed by atoms with Gasteiger partial charge in [0.1, 0.15) is 5.54 Å². The minimum Gasteiger partial charge on any atom is -0.341 e. The zero-order valence-electron chi connectivity index (χ0n) is 13.9.